The summed E-state index contributed by atoms with van der Waals surface area (Å²) in [5, 5.41) is 6.37. The number of benzene rings is 1. The van der Waals surface area contributed by atoms with Gasteiger partial charge in [0, 0.05) is 19.2 Å². The highest BCUT2D eigenvalue weighted by Gasteiger charge is 2.20. The third kappa shape index (κ3) is 6.75. The fourth-order valence-electron chi connectivity index (χ4n) is 3.42. The molecule has 184 valence electrons. The Kier molecular flexibility index (Phi) is 9.39. The Hall–Kier alpha value is -2.54. The van der Waals surface area contributed by atoms with Crippen LogP contribution in [0.1, 0.15) is 29.1 Å². The minimum absolute atomic E-state index is 0. The lowest BCUT2D eigenvalue weighted by molar-refractivity contribution is 0.00763. The van der Waals surface area contributed by atoms with Gasteiger partial charge in [-0.15, -0.1) is 0 Å². The van der Waals surface area contributed by atoms with Crippen LogP contribution in [0.2, 0.25) is 0 Å². The van der Waals surface area contributed by atoms with E-state index in [0.29, 0.717) is 52.4 Å². The quantitative estimate of drug-likeness (QED) is 0.425. The molecule has 2 aromatic heterocycles. The summed E-state index contributed by atoms with van der Waals surface area (Å²) < 4.78 is 25.4. The van der Waals surface area contributed by atoms with Crippen LogP contribution in [-0.4, -0.2) is 72.3 Å². The number of amides is 1. The van der Waals surface area contributed by atoms with E-state index >= 15 is 0 Å². The van der Waals surface area contributed by atoms with Crippen molar-refractivity contribution in [1.29, 1.82) is 0 Å². The minimum Gasteiger partial charge on any atom is -0.486 e. The Balaban J connectivity index is 0.00000324. The van der Waals surface area contributed by atoms with Gasteiger partial charge in [0.1, 0.15) is 34.3 Å². The summed E-state index contributed by atoms with van der Waals surface area (Å²) in [7, 11) is 3.98. The maximum Gasteiger partial charge on any atom is 0.280 e. The Bertz CT molecular complexity index is 1110. The van der Waals surface area contributed by atoms with Gasteiger partial charge in [0.2, 0.25) is 0 Å². The lowest BCUT2D eigenvalue weighted by Crippen LogP contribution is -2.28. The van der Waals surface area contributed by atoms with Crippen molar-refractivity contribution < 1.29 is 18.7 Å². The summed E-state index contributed by atoms with van der Waals surface area (Å²) >= 11 is 1.20. The van der Waals surface area contributed by atoms with Crippen molar-refractivity contribution in [2.45, 2.75) is 25.4 Å². The molecular weight excluding hydrogens is 479 g/mol. The van der Waals surface area contributed by atoms with Crippen molar-refractivity contribution in [3.8, 4) is 5.75 Å². The number of carbonyl (C=O) groups is 1. The molecule has 3 aromatic rings. The highest BCUT2D eigenvalue weighted by Crippen LogP contribution is 2.33. The number of carbonyl (C=O) groups excluding carboxylic acids is 1. The first-order valence-corrected chi connectivity index (χ1v) is 11.7. The normalized spacial score (nSPS) is 15.7. The standard InChI is InChI=1S/C22H27FN6O3S.H2S/c1-29(2)9-4-8-24-20(30)22-28-18-19(25-13-26-21(18)33-22)27-16-7-6-14(23)11-17(16)32-15-5-3-10-31-12-15;/h6-7,11,13,15H,3-5,8-10,12H2,1-2H3,(H,24,30)(H,25,26,27);1H2/t15-;/m0./s1. The molecule has 9 nitrogen and oxygen atoms in total. The number of ether oxygens (including phenoxy) is 2. The predicted octanol–water partition coefficient (Wildman–Crippen LogP) is 3.32. The topological polar surface area (TPSA) is 102 Å². The predicted molar refractivity (Wildman–Crippen MR) is 135 cm³/mol. The lowest BCUT2D eigenvalue weighted by atomic mass is 10.1. The van der Waals surface area contributed by atoms with Crippen molar-refractivity contribution in [2.24, 2.45) is 0 Å². The number of thiazole rings is 1. The van der Waals surface area contributed by atoms with Gasteiger partial charge in [-0.05, 0) is 52.0 Å². The number of fused-ring (bicyclic) bond motifs is 1. The van der Waals surface area contributed by atoms with E-state index in [1.807, 2.05) is 14.1 Å². The monoisotopic (exact) mass is 508 g/mol. The van der Waals surface area contributed by atoms with E-state index in [-0.39, 0.29) is 25.5 Å². The molecule has 1 aliphatic rings. The number of hydrogen-bond donors (Lipinski definition) is 2. The molecule has 2 N–H and O–H groups in total. The van der Waals surface area contributed by atoms with Crippen LogP contribution >= 0.6 is 24.8 Å². The molecule has 0 aliphatic carbocycles. The van der Waals surface area contributed by atoms with Crippen LogP contribution in [0.3, 0.4) is 0 Å². The van der Waals surface area contributed by atoms with Crippen LogP contribution in [0.25, 0.3) is 10.3 Å². The first-order chi connectivity index (χ1) is 16.0. The molecule has 1 aromatic carbocycles. The lowest BCUT2D eigenvalue weighted by Gasteiger charge is -2.24. The van der Waals surface area contributed by atoms with Crippen LogP contribution in [0.4, 0.5) is 15.9 Å². The van der Waals surface area contributed by atoms with E-state index in [2.05, 4.69) is 30.5 Å². The highest BCUT2D eigenvalue weighted by molar-refractivity contribution is 7.59. The van der Waals surface area contributed by atoms with Crippen molar-refractivity contribution in [3.05, 3.63) is 35.4 Å². The average molecular weight is 509 g/mol. The largest absolute Gasteiger partial charge is 0.486 e. The van der Waals surface area contributed by atoms with Gasteiger partial charge in [-0.25, -0.2) is 19.3 Å². The molecule has 3 heterocycles. The molecule has 0 saturated carbocycles. The second-order valence-electron chi connectivity index (χ2n) is 8.03. The summed E-state index contributed by atoms with van der Waals surface area (Å²) in [5.74, 6) is 0.137. The number of nitrogens with one attached hydrogen (secondary N) is 2. The molecule has 0 spiro atoms. The molecule has 12 heteroatoms. The highest BCUT2D eigenvalue weighted by atomic mass is 32.1. The molecule has 1 amide bonds. The zero-order valence-corrected chi connectivity index (χ0v) is 21.0. The van der Waals surface area contributed by atoms with E-state index in [1.165, 1.54) is 29.8 Å². The molecule has 4 rings (SSSR count). The fraction of sp³-hybridized carbons (Fsp3) is 0.455. The third-order valence-corrected chi connectivity index (χ3v) is 6.03. The van der Waals surface area contributed by atoms with Crippen molar-refractivity contribution >= 4 is 52.6 Å². The number of rotatable bonds is 9. The van der Waals surface area contributed by atoms with Crippen molar-refractivity contribution in [3.63, 3.8) is 0 Å². The maximum absolute atomic E-state index is 13.9. The number of anilines is 2. The first-order valence-electron chi connectivity index (χ1n) is 10.8. The summed E-state index contributed by atoms with van der Waals surface area (Å²) in [6.07, 6.45) is 3.84. The molecule has 1 fully saturated rings. The summed E-state index contributed by atoms with van der Waals surface area (Å²) in [6.45, 7) is 2.62. The van der Waals surface area contributed by atoms with Crippen LogP contribution in [0.5, 0.6) is 5.75 Å². The molecule has 1 atom stereocenters. The number of nitrogens with zero attached hydrogens (tertiary/aromatic N) is 4. The average Bonchev–Trinajstić information content (AvgIpc) is 3.24. The zero-order chi connectivity index (χ0) is 23.2. The van der Waals surface area contributed by atoms with Gasteiger partial charge in [0.05, 0.1) is 12.3 Å². The zero-order valence-electron chi connectivity index (χ0n) is 19.1. The van der Waals surface area contributed by atoms with Crippen molar-refractivity contribution in [2.75, 3.05) is 45.7 Å². The summed E-state index contributed by atoms with van der Waals surface area (Å²) in [6, 6.07) is 4.27. The summed E-state index contributed by atoms with van der Waals surface area (Å²) in [5.41, 5.74) is 1.02. The van der Waals surface area contributed by atoms with Gasteiger partial charge in [0.25, 0.3) is 5.91 Å². The van der Waals surface area contributed by atoms with E-state index in [0.717, 1.165) is 25.8 Å². The van der Waals surface area contributed by atoms with E-state index in [4.69, 9.17) is 9.47 Å². The summed E-state index contributed by atoms with van der Waals surface area (Å²) in [4.78, 5) is 28.2. The van der Waals surface area contributed by atoms with Gasteiger partial charge in [-0.2, -0.15) is 13.5 Å². The molecule has 0 unspecified atom stereocenters. The van der Waals surface area contributed by atoms with Gasteiger partial charge < -0.3 is 25.0 Å². The molecule has 1 saturated heterocycles. The Morgan fingerprint density at radius 2 is 2.21 bits per heavy atom. The molecule has 34 heavy (non-hydrogen) atoms. The van der Waals surface area contributed by atoms with Crippen LogP contribution < -0.4 is 15.4 Å². The van der Waals surface area contributed by atoms with E-state index in [1.54, 1.807) is 6.07 Å². The van der Waals surface area contributed by atoms with E-state index in [9.17, 15) is 9.18 Å². The second-order valence-corrected chi connectivity index (χ2v) is 9.01. The fourth-order valence-corrected chi connectivity index (χ4v) is 4.25. The van der Waals surface area contributed by atoms with Gasteiger partial charge in [0.15, 0.2) is 10.8 Å². The molecule has 0 bridgehead atoms. The van der Waals surface area contributed by atoms with Gasteiger partial charge in [-0.1, -0.05) is 11.3 Å². The third-order valence-electron chi connectivity index (χ3n) is 5.07. The SMILES string of the molecule is CN(C)CCCNC(=O)c1nc2c(Nc3ccc(F)cc3O[C@H]3CCCOC3)ncnc2s1.S. The Morgan fingerprint density at radius 1 is 1.35 bits per heavy atom. The van der Waals surface area contributed by atoms with Crippen LogP contribution in [0, 0.1) is 5.82 Å². The Morgan fingerprint density at radius 3 is 2.97 bits per heavy atom. The van der Waals surface area contributed by atoms with Crippen LogP contribution in [-0.2, 0) is 4.74 Å². The Labute approximate surface area is 208 Å². The molecular formula is C22H29FN6O3S2. The second kappa shape index (κ2) is 12.2. The van der Waals surface area contributed by atoms with Crippen molar-refractivity contribution in [1.82, 2.24) is 25.2 Å². The van der Waals surface area contributed by atoms with Gasteiger partial charge >= 0.3 is 0 Å². The molecule has 0 radical (unpaired) electrons. The maximum atomic E-state index is 13.9. The van der Waals surface area contributed by atoms with E-state index < -0.39 is 5.82 Å². The smallest absolute Gasteiger partial charge is 0.280 e. The number of halogens is 1. The number of aromatic nitrogens is 3. The first kappa shape index (κ1) is 26.1. The van der Waals surface area contributed by atoms with Gasteiger partial charge in [-0.3, -0.25) is 4.79 Å². The van der Waals surface area contributed by atoms with Crippen LogP contribution in [0.15, 0.2) is 24.5 Å². The molecule has 1 aliphatic heterocycles. The number of hydrogen-bond acceptors (Lipinski definition) is 9. The minimum atomic E-state index is -0.401.